The molecule has 0 unspecified atom stereocenters. The summed E-state index contributed by atoms with van der Waals surface area (Å²) in [6.07, 6.45) is 1.42. The number of esters is 5. The first kappa shape index (κ1) is 34.6. The van der Waals surface area contributed by atoms with E-state index in [2.05, 4.69) is 18.9 Å². The molecule has 2 aromatic carbocycles. The largest absolute Gasteiger partial charge is 0.535 e. The zero-order valence-corrected chi connectivity index (χ0v) is 25.5. The third kappa shape index (κ3) is 7.69. The highest BCUT2D eigenvalue weighted by Crippen LogP contribution is 2.61. The quantitative estimate of drug-likeness (QED) is 0.159. The molecule has 0 aromatic heterocycles. The first-order chi connectivity index (χ1) is 22.9. The summed E-state index contributed by atoms with van der Waals surface area (Å²) < 4.78 is 66.1. The summed E-state index contributed by atoms with van der Waals surface area (Å²) in [6, 6.07) is 5.33. The van der Waals surface area contributed by atoms with Crippen LogP contribution in [0.3, 0.4) is 0 Å². The van der Waals surface area contributed by atoms with Gasteiger partial charge in [0, 0.05) is 25.7 Å². The van der Waals surface area contributed by atoms with Crippen LogP contribution in [0.15, 0.2) is 24.3 Å². The molecule has 2 heterocycles. The number of methoxy groups -OCH3 is 1. The Kier molecular flexibility index (Phi) is 10.5. The molecule has 0 spiro atoms. The number of fused-ring (bicyclic) bond motifs is 6. The molecule has 0 bridgehead atoms. The van der Waals surface area contributed by atoms with E-state index in [4.69, 9.17) is 18.8 Å². The van der Waals surface area contributed by atoms with Crippen molar-refractivity contribution in [1.29, 1.82) is 0 Å². The fraction of sp³-hybridized carbons (Fsp3) is 0.414. The molecule has 6 rings (SSSR count). The van der Waals surface area contributed by atoms with Crippen molar-refractivity contribution in [3.63, 3.8) is 0 Å². The predicted molar refractivity (Wildman–Crippen MR) is 153 cm³/mol. The van der Waals surface area contributed by atoms with Crippen LogP contribution in [0.25, 0.3) is 0 Å². The summed E-state index contributed by atoms with van der Waals surface area (Å²) in [6.45, 7) is -1.24. The second-order valence-corrected chi connectivity index (χ2v) is 11.1. The maximum atomic E-state index is 14.1. The van der Waals surface area contributed by atoms with Crippen LogP contribution in [-0.4, -0.2) is 88.0 Å². The lowest BCUT2D eigenvalue weighted by molar-refractivity contribution is -0.163. The van der Waals surface area contributed by atoms with Crippen LogP contribution in [-0.2, 0) is 42.8 Å². The minimum Gasteiger partial charge on any atom is -0.535 e. The van der Waals surface area contributed by atoms with E-state index >= 15 is 0 Å². The average molecular weight is 676 g/mol. The van der Waals surface area contributed by atoms with Crippen molar-refractivity contribution < 1.29 is 80.5 Å². The fourth-order valence-corrected chi connectivity index (χ4v) is 5.36. The monoisotopic (exact) mass is 676 g/mol. The molecule has 2 aliphatic heterocycles. The van der Waals surface area contributed by atoms with Gasteiger partial charge in [-0.15, -0.1) is 0 Å². The van der Waals surface area contributed by atoms with Gasteiger partial charge in [0.1, 0.15) is 40.9 Å². The van der Waals surface area contributed by atoms with Gasteiger partial charge in [-0.1, -0.05) is 12.1 Å². The minimum atomic E-state index is -1.10. The third-order valence-corrected chi connectivity index (χ3v) is 7.85. The molecule has 0 saturated heterocycles. The van der Waals surface area contributed by atoms with Crippen LogP contribution in [0.5, 0.6) is 11.5 Å². The van der Waals surface area contributed by atoms with Crippen LogP contribution in [0.1, 0.15) is 63.4 Å². The van der Waals surface area contributed by atoms with Crippen LogP contribution < -0.4 is 9.31 Å². The van der Waals surface area contributed by atoms with Gasteiger partial charge in [0.2, 0.25) is 13.6 Å². The molecule has 0 radical (unpaired) electrons. The Hall–Kier alpha value is -4.74. The molecule has 254 valence electrons. The van der Waals surface area contributed by atoms with Gasteiger partial charge in [0.05, 0.1) is 0 Å². The Morgan fingerprint density at radius 3 is 1.58 bits per heavy atom. The van der Waals surface area contributed by atoms with Crippen molar-refractivity contribution in [2.45, 2.75) is 43.2 Å². The molecule has 15 nitrogen and oxygen atoms in total. The summed E-state index contributed by atoms with van der Waals surface area (Å²) in [5.41, 5.74) is 0.438. The summed E-state index contributed by atoms with van der Waals surface area (Å²) in [5, 5.41) is 19.6. The zero-order chi connectivity index (χ0) is 34.7. The minimum absolute atomic E-state index is 0.00975. The lowest BCUT2D eigenvalue weighted by Gasteiger charge is -2.21. The van der Waals surface area contributed by atoms with Crippen molar-refractivity contribution in [1.82, 2.24) is 0 Å². The Balaban J connectivity index is 0.000000188. The number of benzene rings is 2. The van der Waals surface area contributed by atoms with E-state index in [0.29, 0.717) is 17.5 Å². The van der Waals surface area contributed by atoms with Gasteiger partial charge < -0.3 is 47.8 Å². The van der Waals surface area contributed by atoms with E-state index in [1.165, 1.54) is 19.2 Å². The van der Waals surface area contributed by atoms with E-state index in [9.17, 15) is 42.8 Å². The van der Waals surface area contributed by atoms with Crippen molar-refractivity contribution in [3.8, 4) is 11.5 Å². The molecule has 2 aromatic rings. The number of carbonyl (C=O) groups is 5. The summed E-state index contributed by atoms with van der Waals surface area (Å²) in [7, 11) is -0.861. The fourth-order valence-electron chi connectivity index (χ4n) is 5.36. The van der Waals surface area contributed by atoms with Crippen molar-refractivity contribution in [2.24, 2.45) is 0 Å². The van der Waals surface area contributed by atoms with E-state index in [1.54, 1.807) is 0 Å². The summed E-state index contributed by atoms with van der Waals surface area (Å²) in [4.78, 5) is 57.0. The number of hydrogen-bond donors (Lipinski definition) is 2. The summed E-state index contributed by atoms with van der Waals surface area (Å²) >= 11 is 0. The Morgan fingerprint density at radius 1 is 0.729 bits per heavy atom. The first-order valence-corrected chi connectivity index (χ1v) is 14.5. The molecule has 4 aliphatic rings. The lowest BCUT2D eigenvalue weighted by atomic mass is 9.77. The Bertz CT molecular complexity index is 1620. The number of ether oxygens (including phenoxy) is 6. The van der Waals surface area contributed by atoms with E-state index in [1.807, 2.05) is 0 Å². The van der Waals surface area contributed by atoms with E-state index in [-0.39, 0.29) is 41.6 Å². The highest BCUT2D eigenvalue weighted by molar-refractivity contribution is 6.48. The molecule has 2 N–H and O–H groups in total. The molecular formula is C29H28B2F2O15. The highest BCUT2D eigenvalue weighted by atomic mass is 19.1. The molecule has 0 amide bonds. The topological polar surface area (TPSA) is 200 Å². The molecular weight excluding hydrogens is 648 g/mol. The van der Waals surface area contributed by atoms with Gasteiger partial charge in [0.15, 0.2) is 6.61 Å². The SMILES string of the molecule is CC(=O)OCC(=O)OCOC(=O)c1c(F)ccc2c1OB(O)[C@@H]1C[C@H]21.COCC(=O)OCOC(=O)c1c(F)ccc2c1OB(O)[C@@H]1C[C@H]21. The predicted octanol–water partition coefficient (Wildman–Crippen LogP) is 1.64. The van der Waals surface area contributed by atoms with Gasteiger partial charge in [-0.2, -0.15) is 0 Å². The van der Waals surface area contributed by atoms with Crippen molar-refractivity contribution >= 4 is 44.1 Å². The molecule has 19 heteroatoms. The van der Waals surface area contributed by atoms with Crippen LogP contribution >= 0.6 is 0 Å². The number of hydrogen-bond acceptors (Lipinski definition) is 15. The molecule has 48 heavy (non-hydrogen) atoms. The molecule has 2 aliphatic carbocycles. The number of carbonyl (C=O) groups excluding carboxylic acids is 5. The van der Waals surface area contributed by atoms with Crippen molar-refractivity contribution in [3.05, 3.63) is 58.2 Å². The molecule has 2 fully saturated rings. The number of halogens is 2. The highest BCUT2D eigenvalue weighted by Gasteiger charge is 2.55. The smallest absolute Gasteiger partial charge is 0.526 e. The van der Waals surface area contributed by atoms with Crippen LogP contribution in [0, 0.1) is 11.6 Å². The van der Waals surface area contributed by atoms with Gasteiger partial charge in [-0.05, 0) is 47.9 Å². The average Bonchev–Trinajstić information content (AvgIpc) is 3.95. The maximum Gasteiger partial charge on any atom is 0.526 e. The Morgan fingerprint density at radius 2 is 1.17 bits per heavy atom. The summed E-state index contributed by atoms with van der Waals surface area (Å²) in [5.74, 6) is -6.20. The standard InChI is InChI=1S/C15H14BFO8.C14H14BFO7/c1-7(18)22-5-12(19)23-6-24-15(20)13-11(17)3-2-8-9-4-10(9)16(21)25-14(8)13;1-20-5-11(17)21-6-22-14(18)12-10(16)3-2-7-8-4-9(8)15(19)23-13(7)12/h2-3,9-10,21H,4-6H2,1H3;2-3,8-9,19H,4-6H2,1H3/t9-,10-;8-,9-/m11/s1. The molecule has 2 saturated carbocycles. The van der Waals surface area contributed by atoms with E-state index < -0.39 is 87.0 Å². The first-order valence-electron chi connectivity index (χ1n) is 14.5. The third-order valence-electron chi connectivity index (χ3n) is 7.85. The lowest BCUT2D eigenvalue weighted by Crippen LogP contribution is -2.28. The van der Waals surface area contributed by atoms with Crippen molar-refractivity contribution in [2.75, 3.05) is 33.9 Å². The maximum absolute atomic E-state index is 14.1. The van der Waals surface area contributed by atoms with Gasteiger partial charge >= 0.3 is 44.1 Å². The van der Waals surface area contributed by atoms with Crippen LogP contribution in [0.4, 0.5) is 8.78 Å². The molecule has 4 atom stereocenters. The Labute approximate surface area is 271 Å². The van der Waals surface area contributed by atoms with E-state index in [0.717, 1.165) is 25.5 Å². The van der Waals surface area contributed by atoms with Crippen LogP contribution in [0.2, 0.25) is 11.6 Å². The zero-order valence-electron chi connectivity index (χ0n) is 25.5. The number of rotatable bonds is 10. The second-order valence-electron chi connectivity index (χ2n) is 11.1. The van der Waals surface area contributed by atoms with Gasteiger partial charge in [0.25, 0.3) is 0 Å². The normalized spacial score (nSPS) is 20.4. The second kappa shape index (κ2) is 14.6. The van der Waals surface area contributed by atoms with Gasteiger partial charge in [-0.3, -0.25) is 4.79 Å². The van der Waals surface area contributed by atoms with Gasteiger partial charge in [-0.25, -0.2) is 28.0 Å².